The van der Waals surface area contributed by atoms with E-state index in [9.17, 15) is 22.8 Å². The van der Waals surface area contributed by atoms with Gasteiger partial charge in [0.25, 0.3) is 0 Å². The molecule has 2 aliphatic heterocycles. The van der Waals surface area contributed by atoms with Gasteiger partial charge in [0.05, 0.1) is 41.7 Å². The number of nitrogens with two attached hydrogens (primary N) is 2. The Bertz CT molecular complexity index is 1820. The van der Waals surface area contributed by atoms with Gasteiger partial charge in [-0.2, -0.15) is 0 Å². The van der Waals surface area contributed by atoms with Crippen LogP contribution in [0.1, 0.15) is 39.5 Å². The van der Waals surface area contributed by atoms with Crippen molar-refractivity contribution in [2.75, 3.05) is 13.1 Å². The molecule has 4 heterocycles. The first-order valence-electron chi connectivity index (χ1n) is 16.2. The molecule has 3 fully saturated rings. The summed E-state index contributed by atoms with van der Waals surface area (Å²) >= 11 is 0. The number of rotatable bonds is 9. The number of H-pyrrole nitrogens is 1. The van der Waals surface area contributed by atoms with Gasteiger partial charge in [0, 0.05) is 31.6 Å². The Balaban J connectivity index is 1.35. The molecule has 244 valence electrons. The number of amides is 2. The molecule has 3 aliphatic rings. The van der Waals surface area contributed by atoms with E-state index in [1.807, 2.05) is 27.9 Å². The van der Waals surface area contributed by atoms with Gasteiger partial charge in [0.2, 0.25) is 17.6 Å². The molecular formula is C33H40F3N8O2+. The highest BCUT2D eigenvalue weighted by atomic mass is 19.1. The number of aromatic nitrogens is 4. The molecule has 7 atom stereocenters. The first-order valence-corrected chi connectivity index (χ1v) is 16.2. The zero-order chi connectivity index (χ0) is 32.4. The van der Waals surface area contributed by atoms with Crippen molar-refractivity contribution >= 4 is 33.9 Å². The maximum Gasteiger partial charge on any atom is 0.324 e. The monoisotopic (exact) mass is 637 g/mol. The summed E-state index contributed by atoms with van der Waals surface area (Å²) in [6.07, 6.45) is 0.902. The van der Waals surface area contributed by atoms with Gasteiger partial charge < -0.3 is 25.8 Å². The third-order valence-corrected chi connectivity index (χ3v) is 10.2. The van der Waals surface area contributed by atoms with Gasteiger partial charge in [0.15, 0.2) is 11.0 Å². The van der Waals surface area contributed by atoms with Crippen molar-refractivity contribution < 1.29 is 27.3 Å². The first kappa shape index (κ1) is 30.7. The lowest BCUT2D eigenvalue weighted by molar-refractivity contribution is -0.665. The number of nitrogens with zero attached hydrogens (tertiary/aromatic N) is 5. The van der Waals surface area contributed by atoms with Crippen LogP contribution in [-0.4, -0.2) is 79.6 Å². The minimum Gasteiger partial charge on any atom is -0.334 e. The quantitative estimate of drug-likeness (QED) is 0.243. The van der Waals surface area contributed by atoms with Crippen LogP contribution in [0.25, 0.3) is 33.7 Å². The Morgan fingerprint density at radius 2 is 1.70 bits per heavy atom. The molecule has 7 rings (SSSR count). The summed E-state index contributed by atoms with van der Waals surface area (Å²) in [5, 5.41) is 0. The number of halogens is 3. The van der Waals surface area contributed by atoms with E-state index in [4.69, 9.17) is 16.5 Å². The first-order chi connectivity index (χ1) is 22.1. The Hall–Kier alpha value is -3.97. The molecule has 46 heavy (non-hydrogen) atoms. The number of aromatic amines is 1. The lowest BCUT2D eigenvalue weighted by atomic mass is 10.1. The van der Waals surface area contributed by atoms with Crippen LogP contribution in [0.15, 0.2) is 36.4 Å². The van der Waals surface area contributed by atoms with Gasteiger partial charge in [0.1, 0.15) is 24.4 Å². The smallest absolute Gasteiger partial charge is 0.324 e. The van der Waals surface area contributed by atoms with E-state index in [0.717, 1.165) is 6.42 Å². The molecule has 0 bridgehead atoms. The van der Waals surface area contributed by atoms with Crippen LogP contribution < -0.4 is 16.0 Å². The predicted octanol–water partition coefficient (Wildman–Crippen LogP) is 3.01. The third kappa shape index (κ3) is 5.23. The molecule has 5 N–H and O–H groups in total. The second-order valence-corrected chi connectivity index (χ2v) is 13.1. The number of hydrogen-bond donors (Lipinski definition) is 3. The van der Waals surface area contributed by atoms with Crippen LogP contribution in [0.4, 0.5) is 13.2 Å². The molecule has 0 spiro atoms. The van der Waals surface area contributed by atoms with Crippen LogP contribution in [0.5, 0.6) is 0 Å². The summed E-state index contributed by atoms with van der Waals surface area (Å²) in [6.45, 7) is 4.91. The minimum absolute atomic E-state index is 0.0482. The number of carbonyl (C=O) groups excluding carboxylic acids is 2. The topological polar surface area (TPSA) is 130 Å². The van der Waals surface area contributed by atoms with Crippen molar-refractivity contribution in [1.82, 2.24) is 24.3 Å². The summed E-state index contributed by atoms with van der Waals surface area (Å²) in [7, 11) is 0. The van der Waals surface area contributed by atoms with Crippen molar-refractivity contribution in [3.63, 3.8) is 0 Å². The zero-order valence-electron chi connectivity index (χ0n) is 26.0. The van der Waals surface area contributed by atoms with E-state index in [2.05, 4.69) is 4.98 Å². The van der Waals surface area contributed by atoms with Crippen LogP contribution in [0.2, 0.25) is 0 Å². The molecule has 4 aromatic rings. The molecule has 1 saturated carbocycles. The Kier molecular flexibility index (Phi) is 7.79. The van der Waals surface area contributed by atoms with Crippen molar-refractivity contribution in [3.8, 4) is 11.6 Å². The van der Waals surface area contributed by atoms with Gasteiger partial charge in [-0.05, 0) is 55.4 Å². The Morgan fingerprint density at radius 3 is 2.43 bits per heavy atom. The fourth-order valence-electron chi connectivity index (χ4n) is 7.53. The Labute approximate surface area is 264 Å². The summed E-state index contributed by atoms with van der Waals surface area (Å²) < 4.78 is 47.8. The average molecular weight is 638 g/mol. The fourth-order valence-corrected chi connectivity index (χ4v) is 7.53. The van der Waals surface area contributed by atoms with Gasteiger partial charge in [-0.3, -0.25) is 9.59 Å². The molecule has 2 aromatic heterocycles. The fraction of sp³-hybridized carbons (Fsp3) is 0.515. The van der Waals surface area contributed by atoms with E-state index >= 15 is 0 Å². The molecule has 0 unspecified atom stereocenters. The molecule has 2 saturated heterocycles. The SMILES string of the molecule is CC[C@H](N)C(=O)N1C[C@@H](F)C[C@H]1Cn1c(-c2[nH]c3cc(F)ccc3[n+]2C[C@@H]2[C@H]3C[C@H]3CN2C(=O)[C@@H](N)CC)nc2cc(F)ccc21. The number of piperidine rings is 1. The van der Waals surface area contributed by atoms with Crippen molar-refractivity contribution in [2.24, 2.45) is 23.3 Å². The van der Waals surface area contributed by atoms with Crippen LogP contribution >= 0.6 is 0 Å². The summed E-state index contributed by atoms with van der Waals surface area (Å²) in [5.41, 5.74) is 14.5. The third-order valence-electron chi connectivity index (χ3n) is 10.2. The number of carbonyl (C=O) groups is 2. The molecular weight excluding hydrogens is 597 g/mol. The van der Waals surface area contributed by atoms with E-state index in [-0.39, 0.29) is 37.4 Å². The maximum absolute atomic E-state index is 14.9. The second-order valence-electron chi connectivity index (χ2n) is 13.1. The summed E-state index contributed by atoms with van der Waals surface area (Å²) in [6, 6.07) is 6.83. The van der Waals surface area contributed by atoms with E-state index in [1.165, 1.54) is 29.2 Å². The lowest BCUT2D eigenvalue weighted by Crippen LogP contribution is -2.53. The minimum atomic E-state index is -1.21. The number of nitrogens with one attached hydrogen (secondary N) is 1. The van der Waals surface area contributed by atoms with E-state index in [0.29, 0.717) is 71.5 Å². The van der Waals surface area contributed by atoms with Crippen LogP contribution in [0, 0.1) is 23.5 Å². The highest BCUT2D eigenvalue weighted by Crippen LogP contribution is 2.50. The van der Waals surface area contributed by atoms with E-state index < -0.39 is 35.9 Å². The highest BCUT2D eigenvalue weighted by molar-refractivity contribution is 5.84. The number of alkyl halides is 1. The molecule has 13 heteroatoms. The largest absolute Gasteiger partial charge is 0.334 e. The zero-order valence-corrected chi connectivity index (χ0v) is 26.0. The van der Waals surface area contributed by atoms with Crippen molar-refractivity contribution in [2.45, 2.75) is 83.0 Å². The average Bonchev–Trinajstić information content (AvgIpc) is 3.28. The van der Waals surface area contributed by atoms with Crippen molar-refractivity contribution in [3.05, 3.63) is 48.0 Å². The highest BCUT2D eigenvalue weighted by Gasteiger charge is 2.55. The van der Waals surface area contributed by atoms with Gasteiger partial charge in [-0.1, -0.05) is 13.8 Å². The van der Waals surface area contributed by atoms with Crippen LogP contribution in [-0.2, 0) is 22.7 Å². The normalized spacial score (nSPS) is 25.4. The standard InChI is InChI=1S/C33H39F3N8O2/c1-3-23(37)32(45)41-14-20(36)10-21(41)15-42-27-7-5-18(34)11-25(27)39-30(42)31-40-26-12-19(35)6-8-28(26)43(31)16-29-22-9-17(22)13-44(29)33(46)24(38)4-2/h5-8,11-12,17,20-24,29H,3-4,9-10,13-16,37-38H2,1-2H3/p+1/t17-,20-,21-,22-,23-,24-,29+/m0/s1. The number of likely N-dealkylation sites (tertiary alicyclic amines) is 2. The lowest BCUT2D eigenvalue weighted by Gasteiger charge is -2.29. The number of benzene rings is 2. The van der Waals surface area contributed by atoms with Gasteiger partial charge in [-0.25, -0.2) is 27.7 Å². The maximum atomic E-state index is 14.9. The van der Waals surface area contributed by atoms with Gasteiger partial charge in [-0.15, -0.1) is 0 Å². The van der Waals surface area contributed by atoms with Gasteiger partial charge >= 0.3 is 5.82 Å². The van der Waals surface area contributed by atoms with E-state index in [1.54, 1.807) is 12.1 Å². The molecule has 1 aliphatic carbocycles. The summed E-state index contributed by atoms with van der Waals surface area (Å²) in [5.74, 6) is 0.451. The Morgan fingerprint density at radius 1 is 1.00 bits per heavy atom. The second kappa shape index (κ2) is 11.7. The van der Waals surface area contributed by atoms with Crippen molar-refractivity contribution in [1.29, 1.82) is 0 Å². The number of imidazole rings is 2. The summed E-state index contributed by atoms with van der Waals surface area (Å²) in [4.78, 5) is 38.1. The number of hydrogen-bond acceptors (Lipinski definition) is 5. The molecule has 0 radical (unpaired) electrons. The van der Waals surface area contributed by atoms with Crippen LogP contribution in [0.3, 0.4) is 0 Å². The molecule has 2 amide bonds. The molecule has 2 aromatic carbocycles. The molecule has 10 nitrogen and oxygen atoms in total. The predicted molar refractivity (Wildman–Crippen MR) is 166 cm³/mol. The number of fused-ring (bicyclic) bond motifs is 3.